The van der Waals surface area contributed by atoms with Gasteiger partial charge in [-0.05, 0) is 39.7 Å². The van der Waals surface area contributed by atoms with Crippen molar-refractivity contribution in [3.63, 3.8) is 0 Å². The van der Waals surface area contributed by atoms with E-state index in [9.17, 15) is 16.8 Å². The molecule has 22 heavy (non-hydrogen) atoms. The van der Waals surface area contributed by atoms with Crippen molar-refractivity contribution in [1.29, 1.82) is 0 Å². The van der Waals surface area contributed by atoms with E-state index in [2.05, 4.69) is 20.7 Å². The quantitative estimate of drug-likeness (QED) is 0.830. The van der Waals surface area contributed by atoms with Crippen LogP contribution in [-0.2, 0) is 26.4 Å². The Labute approximate surface area is 138 Å². The van der Waals surface area contributed by atoms with Crippen LogP contribution in [0, 0.1) is 0 Å². The monoisotopic (exact) mass is 403 g/mol. The zero-order valence-electron chi connectivity index (χ0n) is 11.7. The summed E-state index contributed by atoms with van der Waals surface area (Å²) in [6.07, 6.45) is 1.03. The molecule has 118 valence electrons. The van der Waals surface area contributed by atoms with Gasteiger partial charge in [-0.3, -0.25) is 0 Å². The van der Waals surface area contributed by atoms with Gasteiger partial charge in [-0.25, -0.2) is 21.6 Å². The summed E-state index contributed by atoms with van der Waals surface area (Å²) in [6, 6.07) is 13.0. The van der Waals surface area contributed by atoms with E-state index in [4.69, 9.17) is 0 Å². The first-order chi connectivity index (χ1) is 10.2. The van der Waals surface area contributed by atoms with Crippen molar-refractivity contribution in [3.8, 4) is 0 Å². The number of hydrogen-bond acceptors (Lipinski definition) is 4. The predicted molar refractivity (Wildman–Crippen MR) is 87.7 cm³/mol. The number of hydrogen-bond donors (Lipinski definition) is 1. The molecule has 0 saturated carbocycles. The van der Waals surface area contributed by atoms with E-state index in [0.717, 1.165) is 17.9 Å². The zero-order valence-corrected chi connectivity index (χ0v) is 14.9. The molecule has 0 aliphatic heterocycles. The van der Waals surface area contributed by atoms with E-state index in [0.29, 0.717) is 4.47 Å². The van der Waals surface area contributed by atoms with Gasteiger partial charge in [-0.15, -0.1) is 0 Å². The van der Waals surface area contributed by atoms with E-state index in [1.807, 2.05) is 18.2 Å². The molecule has 0 amide bonds. The van der Waals surface area contributed by atoms with Crippen molar-refractivity contribution in [2.45, 2.75) is 16.3 Å². The Morgan fingerprint density at radius 2 is 1.64 bits per heavy atom. The second kappa shape index (κ2) is 6.49. The molecular weight excluding hydrogens is 390 g/mol. The average Bonchev–Trinajstić information content (AvgIpc) is 2.45. The zero-order chi connectivity index (χ0) is 16.4. The molecular formula is C14H14BrNO4S2. The summed E-state index contributed by atoms with van der Waals surface area (Å²) in [5.74, 6) is 0. The molecule has 0 bridgehead atoms. The lowest BCUT2D eigenvalue weighted by Gasteiger charge is -2.10. The average molecular weight is 404 g/mol. The topological polar surface area (TPSA) is 80.3 Å². The molecule has 0 fully saturated rings. The molecule has 0 heterocycles. The highest BCUT2D eigenvalue weighted by atomic mass is 79.9. The summed E-state index contributed by atoms with van der Waals surface area (Å²) >= 11 is 3.15. The molecule has 8 heteroatoms. The molecule has 0 aliphatic rings. The van der Waals surface area contributed by atoms with Crippen LogP contribution in [0.4, 0.5) is 0 Å². The van der Waals surface area contributed by atoms with Crippen molar-refractivity contribution in [2.75, 3.05) is 6.26 Å². The van der Waals surface area contributed by atoms with E-state index in [1.54, 1.807) is 12.1 Å². The normalized spacial score (nSPS) is 12.3. The van der Waals surface area contributed by atoms with Crippen LogP contribution in [0.25, 0.3) is 0 Å². The summed E-state index contributed by atoms with van der Waals surface area (Å²) in [6.45, 7) is 0.124. The second-order valence-electron chi connectivity index (χ2n) is 4.67. The Hall–Kier alpha value is -1.22. The van der Waals surface area contributed by atoms with Crippen LogP contribution in [0.15, 0.2) is 62.8 Å². The highest BCUT2D eigenvalue weighted by Crippen LogP contribution is 2.25. The molecule has 0 radical (unpaired) electrons. The lowest BCUT2D eigenvalue weighted by atomic mass is 10.2. The third-order valence-electron chi connectivity index (χ3n) is 2.93. The predicted octanol–water partition coefficient (Wildman–Crippen LogP) is 2.33. The van der Waals surface area contributed by atoms with Gasteiger partial charge in [0.05, 0.1) is 9.79 Å². The Morgan fingerprint density at radius 3 is 2.23 bits per heavy atom. The van der Waals surface area contributed by atoms with Gasteiger partial charge >= 0.3 is 0 Å². The lowest BCUT2D eigenvalue weighted by Crippen LogP contribution is -2.23. The molecule has 2 aromatic rings. The Balaban J connectivity index is 2.33. The highest BCUT2D eigenvalue weighted by Gasteiger charge is 2.20. The number of halogens is 1. The molecule has 0 spiro atoms. The van der Waals surface area contributed by atoms with Crippen LogP contribution in [0.5, 0.6) is 0 Å². The number of nitrogens with one attached hydrogen (secondary N) is 1. The fraction of sp³-hybridized carbons (Fsp3) is 0.143. The molecule has 0 aromatic heterocycles. The van der Waals surface area contributed by atoms with Crippen molar-refractivity contribution >= 4 is 35.8 Å². The van der Waals surface area contributed by atoms with E-state index < -0.39 is 19.9 Å². The van der Waals surface area contributed by atoms with Gasteiger partial charge in [-0.2, -0.15) is 0 Å². The maximum atomic E-state index is 12.4. The number of benzene rings is 2. The fourth-order valence-corrected chi connectivity index (χ4v) is 4.50. The largest absolute Gasteiger partial charge is 0.242 e. The SMILES string of the molecule is CS(=O)(=O)c1ccc(Br)c(S(=O)(=O)NCc2ccccc2)c1. The van der Waals surface area contributed by atoms with Crippen molar-refractivity contribution in [1.82, 2.24) is 4.72 Å². The minimum atomic E-state index is -3.83. The number of rotatable bonds is 5. The van der Waals surface area contributed by atoms with Gasteiger partial charge in [-0.1, -0.05) is 30.3 Å². The second-order valence-corrected chi connectivity index (χ2v) is 9.28. The third kappa shape index (κ3) is 4.16. The first kappa shape index (κ1) is 17.1. The lowest BCUT2D eigenvalue weighted by molar-refractivity contribution is 0.580. The molecule has 0 unspecified atom stereocenters. The molecule has 2 rings (SSSR count). The van der Waals surface area contributed by atoms with Gasteiger partial charge in [0.1, 0.15) is 0 Å². The first-order valence-corrected chi connectivity index (χ1v) is 10.4. The van der Waals surface area contributed by atoms with Gasteiger partial charge in [0, 0.05) is 17.3 Å². The smallest absolute Gasteiger partial charge is 0.224 e. The molecule has 1 N–H and O–H groups in total. The minimum Gasteiger partial charge on any atom is -0.224 e. The highest BCUT2D eigenvalue weighted by molar-refractivity contribution is 9.10. The van der Waals surface area contributed by atoms with E-state index in [1.165, 1.54) is 12.1 Å². The molecule has 0 saturated heterocycles. The summed E-state index contributed by atoms with van der Waals surface area (Å²) in [7, 11) is -7.32. The summed E-state index contributed by atoms with van der Waals surface area (Å²) in [5, 5.41) is 0. The Bertz CT molecular complexity index is 878. The number of sulfonamides is 1. The van der Waals surface area contributed by atoms with Gasteiger partial charge in [0.2, 0.25) is 10.0 Å². The van der Waals surface area contributed by atoms with Crippen molar-refractivity contribution in [3.05, 3.63) is 58.6 Å². The standard InChI is InChI=1S/C14H14BrNO4S2/c1-21(17,18)12-7-8-13(15)14(9-12)22(19,20)16-10-11-5-3-2-4-6-11/h2-9,16H,10H2,1H3. The van der Waals surface area contributed by atoms with Gasteiger partial charge in [0.25, 0.3) is 0 Å². The summed E-state index contributed by atoms with van der Waals surface area (Å²) in [5.41, 5.74) is 0.807. The molecule has 0 atom stereocenters. The maximum absolute atomic E-state index is 12.4. The third-order valence-corrected chi connectivity index (χ3v) is 6.43. The van der Waals surface area contributed by atoms with Crippen molar-refractivity contribution in [2.24, 2.45) is 0 Å². The van der Waals surface area contributed by atoms with Crippen LogP contribution in [0.2, 0.25) is 0 Å². The van der Waals surface area contributed by atoms with Gasteiger partial charge in [0.15, 0.2) is 9.84 Å². The van der Waals surface area contributed by atoms with Crippen LogP contribution in [-0.4, -0.2) is 23.1 Å². The first-order valence-electron chi connectivity index (χ1n) is 6.23. The summed E-state index contributed by atoms with van der Waals surface area (Å²) in [4.78, 5) is -0.151. The Kier molecular flexibility index (Phi) is 5.06. The maximum Gasteiger partial charge on any atom is 0.242 e. The molecule has 0 aliphatic carbocycles. The Morgan fingerprint density at radius 1 is 1.00 bits per heavy atom. The van der Waals surface area contributed by atoms with Gasteiger partial charge < -0.3 is 0 Å². The van der Waals surface area contributed by atoms with Crippen LogP contribution in [0.3, 0.4) is 0 Å². The minimum absolute atomic E-state index is 0.0456. The number of sulfone groups is 1. The molecule has 2 aromatic carbocycles. The van der Waals surface area contributed by atoms with Crippen LogP contribution >= 0.6 is 15.9 Å². The fourth-order valence-electron chi connectivity index (χ4n) is 1.77. The van der Waals surface area contributed by atoms with E-state index >= 15 is 0 Å². The van der Waals surface area contributed by atoms with Crippen LogP contribution < -0.4 is 4.72 Å². The summed E-state index contributed by atoms with van der Waals surface area (Å²) < 4.78 is 50.6. The molecule has 5 nitrogen and oxygen atoms in total. The van der Waals surface area contributed by atoms with Crippen LogP contribution in [0.1, 0.15) is 5.56 Å². The van der Waals surface area contributed by atoms with Crippen molar-refractivity contribution < 1.29 is 16.8 Å². The van der Waals surface area contributed by atoms with E-state index in [-0.39, 0.29) is 16.3 Å².